The number of carbonyl (C=O) groups is 1. The number of aromatic nitrogens is 2. The molecule has 5 nitrogen and oxygen atoms in total. The number of carboxylic acids is 1. The minimum atomic E-state index is -0.943. The maximum Gasteiger partial charge on any atom is 0.338 e. The van der Waals surface area contributed by atoms with Crippen molar-refractivity contribution in [2.75, 3.05) is 13.2 Å². The van der Waals surface area contributed by atoms with Crippen LogP contribution in [0, 0.1) is 0 Å². The fraction of sp³-hybridized carbons (Fsp3) is 0.556. The Kier molecular flexibility index (Phi) is 4.12. The molecule has 0 spiro atoms. The molecule has 1 rings (SSSR count). The first-order chi connectivity index (χ1) is 6.74. The molecule has 0 bridgehead atoms. The first-order valence-electron chi connectivity index (χ1n) is 4.57. The molecule has 0 aromatic carbocycles. The number of nitrogens with zero attached hydrogens (tertiary/aromatic N) is 2. The largest absolute Gasteiger partial charge is 0.478 e. The van der Waals surface area contributed by atoms with Gasteiger partial charge in [0.1, 0.15) is 0 Å². The lowest BCUT2D eigenvalue weighted by molar-refractivity contribution is 0.0697. The van der Waals surface area contributed by atoms with E-state index < -0.39 is 5.97 Å². The third-order valence-electron chi connectivity index (χ3n) is 1.76. The quantitative estimate of drug-likeness (QED) is 0.693. The van der Waals surface area contributed by atoms with Gasteiger partial charge in [-0.05, 0) is 13.3 Å². The summed E-state index contributed by atoms with van der Waals surface area (Å²) in [6, 6.07) is 0. The Balaban J connectivity index is 2.33. The molecule has 1 aromatic rings. The van der Waals surface area contributed by atoms with Gasteiger partial charge in [-0.15, -0.1) is 0 Å². The number of aromatic carboxylic acids is 1. The summed E-state index contributed by atoms with van der Waals surface area (Å²) in [6.07, 6.45) is 3.71. The molecule has 0 fully saturated rings. The standard InChI is InChI=1S/C9H14N2O3/c1-2-14-5-3-4-11-7-8(6-10-11)9(12)13/h6-7H,2-5H2,1H3,(H,12,13). The Labute approximate surface area is 82.3 Å². The van der Waals surface area contributed by atoms with Crippen LogP contribution in [0.2, 0.25) is 0 Å². The molecular formula is C9H14N2O3. The summed E-state index contributed by atoms with van der Waals surface area (Å²) in [4.78, 5) is 10.5. The van der Waals surface area contributed by atoms with E-state index in [0.717, 1.165) is 6.42 Å². The van der Waals surface area contributed by atoms with Crippen LogP contribution in [0.4, 0.5) is 0 Å². The van der Waals surface area contributed by atoms with Gasteiger partial charge in [-0.25, -0.2) is 4.79 Å². The third kappa shape index (κ3) is 3.18. The molecule has 1 N–H and O–H groups in total. The second-order valence-electron chi connectivity index (χ2n) is 2.85. The zero-order chi connectivity index (χ0) is 10.4. The molecule has 1 heterocycles. The minimum Gasteiger partial charge on any atom is -0.478 e. The highest BCUT2D eigenvalue weighted by atomic mass is 16.5. The zero-order valence-electron chi connectivity index (χ0n) is 8.14. The Morgan fingerprint density at radius 1 is 1.71 bits per heavy atom. The number of ether oxygens (including phenoxy) is 1. The van der Waals surface area contributed by atoms with Crippen molar-refractivity contribution in [3.8, 4) is 0 Å². The van der Waals surface area contributed by atoms with E-state index in [1.54, 1.807) is 4.68 Å². The topological polar surface area (TPSA) is 64.3 Å². The molecule has 0 atom stereocenters. The van der Waals surface area contributed by atoms with Crippen LogP contribution in [0.25, 0.3) is 0 Å². The molecule has 0 saturated heterocycles. The van der Waals surface area contributed by atoms with Crippen LogP contribution >= 0.6 is 0 Å². The molecule has 5 heteroatoms. The van der Waals surface area contributed by atoms with Crippen LogP contribution in [0.3, 0.4) is 0 Å². The molecule has 0 aliphatic rings. The van der Waals surface area contributed by atoms with Crippen LogP contribution in [-0.2, 0) is 11.3 Å². The van der Waals surface area contributed by atoms with Gasteiger partial charge < -0.3 is 9.84 Å². The van der Waals surface area contributed by atoms with E-state index >= 15 is 0 Å². The van der Waals surface area contributed by atoms with Crippen LogP contribution in [0.1, 0.15) is 23.7 Å². The van der Waals surface area contributed by atoms with Crippen molar-refractivity contribution in [1.29, 1.82) is 0 Å². The highest BCUT2D eigenvalue weighted by Crippen LogP contribution is 1.98. The molecule has 1 aromatic heterocycles. The van der Waals surface area contributed by atoms with Crippen molar-refractivity contribution in [2.24, 2.45) is 0 Å². The lowest BCUT2D eigenvalue weighted by Crippen LogP contribution is -2.03. The second kappa shape index (κ2) is 5.39. The highest BCUT2D eigenvalue weighted by molar-refractivity contribution is 5.86. The monoisotopic (exact) mass is 198 g/mol. The van der Waals surface area contributed by atoms with E-state index in [9.17, 15) is 4.79 Å². The molecule has 0 aliphatic carbocycles. The van der Waals surface area contributed by atoms with Crippen molar-refractivity contribution in [3.05, 3.63) is 18.0 Å². The molecule has 0 aliphatic heterocycles. The van der Waals surface area contributed by atoms with Gasteiger partial charge in [0.15, 0.2) is 0 Å². The fourth-order valence-electron chi connectivity index (χ4n) is 1.07. The lowest BCUT2D eigenvalue weighted by atomic mass is 10.4. The molecule has 0 amide bonds. The maximum atomic E-state index is 10.5. The van der Waals surface area contributed by atoms with Crippen molar-refractivity contribution in [3.63, 3.8) is 0 Å². The molecular weight excluding hydrogens is 184 g/mol. The molecule has 0 unspecified atom stereocenters. The van der Waals surface area contributed by atoms with Crippen LogP contribution in [0.5, 0.6) is 0 Å². The maximum absolute atomic E-state index is 10.5. The summed E-state index contributed by atoms with van der Waals surface area (Å²) in [6.45, 7) is 4.02. The van der Waals surface area contributed by atoms with Crippen LogP contribution in [0.15, 0.2) is 12.4 Å². The minimum absolute atomic E-state index is 0.224. The Bertz CT molecular complexity index is 296. The van der Waals surface area contributed by atoms with E-state index in [2.05, 4.69) is 5.10 Å². The zero-order valence-corrected chi connectivity index (χ0v) is 8.14. The van der Waals surface area contributed by atoms with Crippen molar-refractivity contribution in [2.45, 2.75) is 19.9 Å². The van der Waals surface area contributed by atoms with Gasteiger partial charge >= 0.3 is 5.97 Å². The Morgan fingerprint density at radius 2 is 2.50 bits per heavy atom. The number of hydrogen-bond acceptors (Lipinski definition) is 3. The van der Waals surface area contributed by atoms with E-state index in [0.29, 0.717) is 19.8 Å². The fourth-order valence-corrected chi connectivity index (χ4v) is 1.07. The van der Waals surface area contributed by atoms with E-state index in [4.69, 9.17) is 9.84 Å². The molecule has 78 valence electrons. The lowest BCUT2D eigenvalue weighted by Gasteiger charge is -2.01. The van der Waals surface area contributed by atoms with Gasteiger partial charge in [0.25, 0.3) is 0 Å². The smallest absolute Gasteiger partial charge is 0.338 e. The first kappa shape index (κ1) is 10.7. The average molecular weight is 198 g/mol. The molecule has 0 radical (unpaired) electrons. The van der Waals surface area contributed by atoms with Crippen molar-refractivity contribution in [1.82, 2.24) is 9.78 Å². The summed E-state index contributed by atoms with van der Waals surface area (Å²) < 4.78 is 6.77. The summed E-state index contributed by atoms with van der Waals surface area (Å²) in [5.74, 6) is -0.943. The summed E-state index contributed by atoms with van der Waals surface area (Å²) >= 11 is 0. The van der Waals surface area contributed by atoms with Gasteiger partial charge in [0.2, 0.25) is 0 Å². The summed E-state index contributed by atoms with van der Waals surface area (Å²) in [5, 5.41) is 12.5. The second-order valence-corrected chi connectivity index (χ2v) is 2.85. The number of hydrogen-bond donors (Lipinski definition) is 1. The Hall–Kier alpha value is -1.36. The van der Waals surface area contributed by atoms with Gasteiger partial charge in [-0.1, -0.05) is 0 Å². The van der Waals surface area contributed by atoms with Gasteiger partial charge in [-0.3, -0.25) is 4.68 Å². The van der Waals surface area contributed by atoms with Gasteiger partial charge in [0.05, 0.1) is 11.8 Å². The third-order valence-corrected chi connectivity index (χ3v) is 1.76. The van der Waals surface area contributed by atoms with Crippen LogP contribution < -0.4 is 0 Å². The van der Waals surface area contributed by atoms with Gasteiger partial charge in [0, 0.05) is 26.0 Å². The number of aryl methyl sites for hydroxylation is 1. The van der Waals surface area contributed by atoms with E-state index in [1.807, 2.05) is 6.92 Å². The molecule has 0 saturated carbocycles. The molecule has 14 heavy (non-hydrogen) atoms. The van der Waals surface area contributed by atoms with Gasteiger partial charge in [-0.2, -0.15) is 5.10 Å². The first-order valence-corrected chi connectivity index (χ1v) is 4.57. The highest BCUT2D eigenvalue weighted by Gasteiger charge is 2.04. The Morgan fingerprint density at radius 3 is 3.07 bits per heavy atom. The summed E-state index contributed by atoms with van der Waals surface area (Å²) in [7, 11) is 0. The summed E-state index contributed by atoms with van der Waals surface area (Å²) in [5.41, 5.74) is 0.224. The normalized spacial score (nSPS) is 10.4. The SMILES string of the molecule is CCOCCCn1cc(C(=O)O)cn1. The van der Waals surface area contributed by atoms with Crippen LogP contribution in [-0.4, -0.2) is 34.1 Å². The van der Waals surface area contributed by atoms with E-state index in [1.165, 1.54) is 12.4 Å². The van der Waals surface area contributed by atoms with Crippen molar-refractivity contribution >= 4 is 5.97 Å². The predicted octanol–water partition coefficient (Wildman–Crippen LogP) is 1.01. The predicted molar refractivity (Wildman–Crippen MR) is 50.3 cm³/mol. The number of carboxylic acid groups (broad SMARTS) is 1. The van der Waals surface area contributed by atoms with E-state index in [-0.39, 0.29) is 5.56 Å². The number of rotatable bonds is 6. The average Bonchev–Trinajstić information content (AvgIpc) is 2.61. The van der Waals surface area contributed by atoms with Crippen molar-refractivity contribution < 1.29 is 14.6 Å².